The topological polar surface area (TPSA) is 22.0 Å². The lowest BCUT2D eigenvalue weighted by molar-refractivity contribution is 0.867. The first-order chi connectivity index (χ1) is 9.09. The summed E-state index contributed by atoms with van der Waals surface area (Å²) < 4.78 is 2.09. The van der Waals surface area contributed by atoms with E-state index >= 15 is 0 Å². The number of rotatable bonds is 1. The maximum Gasteiger partial charge on any atom is 0.197 e. The van der Waals surface area contributed by atoms with Gasteiger partial charge in [0.15, 0.2) is 5.43 Å². The molecular formula is C17H17NO. The van der Waals surface area contributed by atoms with E-state index in [1.54, 1.807) is 0 Å². The third-order valence-corrected chi connectivity index (χ3v) is 3.80. The Morgan fingerprint density at radius 3 is 2.37 bits per heavy atom. The summed E-state index contributed by atoms with van der Waals surface area (Å²) in [7, 11) is 2.01. The van der Waals surface area contributed by atoms with Crippen molar-refractivity contribution in [2.24, 2.45) is 7.05 Å². The van der Waals surface area contributed by atoms with E-state index in [1.165, 1.54) is 5.56 Å². The molecule has 96 valence electrons. The molecule has 0 aliphatic rings. The van der Waals surface area contributed by atoms with E-state index in [1.807, 2.05) is 37.4 Å². The molecule has 2 nitrogen and oxygen atoms in total. The van der Waals surface area contributed by atoms with E-state index in [9.17, 15) is 4.79 Å². The van der Waals surface area contributed by atoms with Gasteiger partial charge in [0.05, 0.1) is 11.0 Å². The molecule has 1 aromatic heterocycles. The summed E-state index contributed by atoms with van der Waals surface area (Å²) in [6.45, 7) is 4.29. The molecule has 2 aromatic carbocycles. The zero-order chi connectivity index (χ0) is 13.6. The summed E-state index contributed by atoms with van der Waals surface area (Å²) in [5.74, 6) is 0.431. The van der Waals surface area contributed by atoms with Gasteiger partial charge in [-0.1, -0.05) is 32.0 Å². The highest BCUT2D eigenvalue weighted by Gasteiger charge is 2.09. The van der Waals surface area contributed by atoms with Crippen LogP contribution >= 0.6 is 0 Å². The fraction of sp³-hybridized carbons (Fsp3) is 0.235. The van der Waals surface area contributed by atoms with Gasteiger partial charge < -0.3 is 4.57 Å². The van der Waals surface area contributed by atoms with Gasteiger partial charge in [0.1, 0.15) is 0 Å². The number of pyridine rings is 1. The van der Waals surface area contributed by atoms with Crippen LogP contribution in [0.15, 0.2) is 47.3 Å². The number of hydrogen-bond acceptors (Lipinski definition) is 1. The Morgan fingerprint density at radius 1 is 0.947 bits per heavy atom. The van der Waals surface area contributed by atoms with Crippen molar-refractivity contribution in [3.8, 4) is 0 Å². The van der Waals surface area contributed by atoms with Crippen LogP contribution in [0.25, 0.3) is 21.8 Å². The van der Waals surface area contributed by atoms with Gasteiger partial charge in [-0.3, -0.25) is 4.79 Å². The minimum atomic E-state index is 0.131. The lowest BCUT2D eigenvalue weighted by Crippen LogP contribution is -2.09. The van der Waals surface area contributed by atoms with Crippen molar-refractivity contribution in [1.82, 2.24) is 4.57 Å². The molecule has 3 aromatic rings. The van der Waals surface area contributed by atoms with Crippen LogP contribution in [-0.4, -0.2) is 4.57 Å². The van der Waals surface area contributed by atoms with Gasteiger partial charge in [-0.15, -0.1) is 0 Å². The second-order valence-electron chi connectivity index (χ2n) is 5.34. The minimum absolute atomic E-state index is 0.131. The van der Waals surface area contributed by atoms with Gasteiger partial charge >= 0.3 is 0 Å². The number of nitrogens with zero attached hydrogens (tertiary/aromatic N) is 1. The van der Waals surface area contributed by atoms with Crippen molar-refractivity contribution in [2.45, 2.75) is 19.8 Å². The van der Waals surface area contributed by atoms with Crippen molar-refractivity contribution in [3.05, 3.63) is 58.3 Å². The molecule has 0 spiro atoms. The smallest absolute Gasteiger partial charge is 0.197 e. The van der Waals surface area contributed by atoms with E-state index in [-0.39, 0.29) is 5.43 Å². The summed E-state index contributed by atoms with van der Waals surface area (Å²) in [6, 6.07) is 14.0. The third-order valence-electron chi connectivity index (χ3n) is 3.80. The molecule has 0 atom stereocenters. The first-order valence-electron chi connectivity index (χ1n) is 6.61. The fourth-order valence-electron chi connectivity index (χ4n) is 2.62. The molecule has 0 radical (unpaired) electrons. The first kappa shape index (κ1) is 12.0. The highest BCUT2D eigenvalue weighted by Crippen LogP contribution is 2.22. The van der Waals surface area contributed by atoms with E-state index in [0.29, 0.717) is 5.92 Å². The van der Waals surface area contributed by atoms with Crippen LogP contribution in [0.4, 0.5) is 0 Å². The van der Waals surface area contributed by atoms with Crippen LogP contribution in [0.2, 0.25) is 0 Å². The molecule has 0 N–H and O–H groups in total. The lowest BCUT2D eigenvalue weighted by Gasteiger charge is -2.12. The molecular weight excluding hydrogens is 234 g/mol. The van der Waals surface area contributed by atoms with Gasteiger partial charge in [0, 0.05) is 17.8 Å². The van der Waals surface area contributed by atoms with Crippen LogP contribution in [0, 0.1) is 0 Å². The predicted octanol–water partition coefficient (Wildman–Crippen LogP) is 3.82. The molecule has 0 amide bonds. The molecule has 0 saturated heterocycles. The zero-order valence-corrected chi connectivity index (χ0v) is 11.5. The average molecular weight is 251 g/mol. The average Bonchev–Trinajstić information content (AvgIpc) is 2.44. The van der Waals surface area contributed by atoms with Gasteiger partial charge in [-0.25, -0.2) is 0 Å². The number of benzene rings is 2. The first-order valence-corrected chi connectivity index (χ1v) is 6.61. The summed E-state index contributed by atoms with van der Waals surface area (Å²) in [5.41, 5.74) is 3.32. The maximum atomic E-state index is 12.6. The van der Waals surface area contributed by atoms with E-state index < -0.39 is 0 Å². The largest absolute Gasteiger partial charge is 0.343 e. The van der Waals surface area contributed by atoms with Gasteiger partial charge in [-0.05, 0) is 35.7 Å². The van der Waals surface area contributed by atoms with Crippen LogP contribution in [-0.2, 0) is 7.05 Å². The summed E-state index contributed by atoms with van der Waals surface area (Å²) >= 11 is 0. The molecule has 0 unspecified atom stereocenters. The Kier molecular flexibility index (Phi) is 2.67. The van der Waals surface area contributed by atoms with Crippen LogP contribution in [0.3, 0.4) is 0 Å². The van der Waals surface area contributed by atoms with Gasteiger partial charge in [-0.2, -0.15) is 0 Å². The lowest BCUT2D eigenvalue weighted by atomic mass is 10.00. The van der Waals surface area contributed by atoms with Gasteiger partial charge in [0.25, 0.3) is 0 Å². The molecule has 0 saturated carbocycles. The van der Waals surface area contributed by atoms with Crippen LogP contribution in [0.5, 0.6) is 0 Å². The maximum absolute atomic E-state index is 12.6. The molecule has 0 aliphatic heterocycles. The highest BCUT2D eigenvalue weighted by molar-refractivity contribution is 5.93. The van der Waals surface area contributed by atoms with Crippen molar-refractivity contribution in [2.75, 3.05) is 0 Å². The normalized spacial score (nSPS) is 11.6. The number of para-hydroxylation sites is 1. The van der Waals surface area contributed by atoms with Crippen molar-refractivity contribution >= 4 is 21.8 Å². The van der Waals surface area contributed by atoms with Crippen molar-refractivity contribution in [1.29, 1.82) is 0 Å². The number of aryl methyl sites for hydroxylation is 1. The summed E-state index contributed by atoms with van der Waals surface area (Å²) in [5, 5.41) is 1.60. The fourth-order valence-corrected chi connectivity index (χ4v) is 2.62. The molecule has 0 fully saturated rings. The summed E-state index contributed by atoms with van der Waals surface area (Å²) in [6.07, 6.45) is 0. The number of aromatic nitrogens is 1. The Labute approximate surface area is 112 Å². The SMILES string of the molecule is CC(C)c1ccc2c(c1)c(=O)c1ccccc1n2C. The Morgan fingerprint density at radius 2 is 1.63 bits per heavy atom. The van der Waals surface area contributed by atoms with E-state index in [0.717, 1.165) is 21.8 Å². The van der Waals surface area contributed by atoms with Crippen molar-refractivity contribution in [3.63, 3.8) is 0 Å². The molecule has 2 heteroatoms. The zero-order valence-electron chi connectivity index (χ0n) is 11.5. The standard InChI is InChI=1S/C17H17NO/c1-11(2)12-8-9-16-14(10-12)17(19)13-6-4-5-7-15(13)18(16)3/h4-11H,1-3H3. The minimum Gasteiger partial charge on any atom is -0.343 e. The van der Waals surface area contributed by atoms with E-state index in [4.69, 9.17) is 0 Å². The monoisotopic (exact) mass is 251 g/mol. The third kappa shape index (κ3) is 1.75. The molecule has 0 bridgehead atoms. The van der Waals surface area contributed by atoms with Crippen LogP contribution in [0.1, 0.15) is 25.3 Å². The highest BCUT2D eigenvalue weighted by atomic mass is 16.1. The Balaban J connectivity index is 2.53. The summed E-state index contributed by atoms with van der Waals surface area (Å²) in [4.78, 5) is 12.6. The Hall–Kier alpha value is -2.09. The van der Waals surface area contributed by atoms with Crippen molar-refractivity contribution < 1.29 is 0 Å². The molecule has 19 heavy (non-hydrogen) atoms. The Bertz CT molecular complexity index is 828. The van der Waals surface area contributed by atoms with E-state index in [2.05, 4.69) is 30.5 Å². The second-order valence-corrected chi connectivity index (χ2v) is 5.34. The second kappa shape index (κ2) is 4.23. The van der Waals surface area contributed by atoms with Crippen LogP contribution < -0.4 is 5.43 Å². The van der Waals surface area contributed by atoms with Gasteiger partial charge in [0.2, 0.25) is 0 Å². The molecule has 0 aliphatic carbocycles. The molecule has 1 heterocycles. The number of fused-ring (bicyclic) bond motifs is 2. The molecule has 3 rings (SSSR count). The number of hydrogen-bond donors (Lipinski definition) is 0. The predicted molar refractivity (Wildman–Crippen MR) is 80.8 cm³/mol. The quantitative estimate of drug-likeness (QED) is 0.603.